The highest BCUT2D eigenvalue weighted by Crippen LogP contribution is 2.67. The summed E-state index contributed by atoms with van der Waals surface area (Å²) in [6, 6.07) is 8.97. The first-order valence-corrected chi connectivity index (χ1v) is 6.99. The number of hydrogen-bond acceptors (Lipinski definition) is 4. The number of carbonyl (C=O) groups excluding carboxylic acids is 2. The minimum atomic E-state index is -0.348. The van der Waals surface area contributed by atoms with Crippen LogP contribution in [0, 0.1) is 11.3 Å². The van der Waals surface area contributed by atoms with Gasteiger partial charge < -0.3 is 9.47 Å². The molecule has 4 atom stereocenters. The summed E-state index contributed by atoms with van der Waals surface area (Å²) in [5.41, 5.74) is -0.138. The molecule has 4 nitrogen and oxygen atoms in total. The molecule has 20 heavy (non-hydrogen) atoms. The van der Waals surface area contributed by atoms with Gasteiger partial charge in [0, 0.05) is 11.8 Å². The summed E-state index contributed by atoms with van der Waals surface area (Å²) >= 11 is 0. The topological polar surface area (TPSA) is 55.9 Å². The predicted octanol–water partition coefficient (Wildman–Crippen LogP) is 1.98. The van der Waals surface area contributed by atoms with Crippen molar-refractivity contribution >= 4 is 11.8 Å². The van der Waals surface area contributed by atoms with Crippen molar-refractivity contribution in [2.75, 3.05) is 6.61 Å². The molecule has 0 unspecified atom stereocenters. The lowest BCUT2D eigenvalue weighted by molar-refractivity contribution is -0.125. The van der Waals surface area contributed by atoms with Crippen molar-refractivity contribution in [1.29, 1.82) is 0 Å². The Balaban J connectivity index is 1.57. The standard InChI is InChI=1S/C16H16O4/c1-15-8-12(17)11(16(15)9-19-16)7-13(15)20-14(18)10-5-3-2-4-6-10/h2-6,11,13H,7-9H2,1H3/t11-,13-,15+,16+/m1/s1. The van der Waals surface area contributed by atoms with E-state index in [2.05, 4.69) is 0 Å². The highest BCUT2D eigenvalue weighted by atomic mass is 16.6. The molecule has 2 bridgehead atoms. The maximum Gasteiger partial charge on any atom is 0.338 e. The molecule has 0 radical (unpaired) electrons. The second-order valence-electron chi connectivity index (χ2n) is 6.29. The van der Waals surface area contributed by atoms with E-state index in [-0.39, 0.29) is 34.8 Å². The van der Waals surface area contributed by atoms with Crippen molar-refractivity contribution in [2.24, 2.45) is 11.3 Å². The van der Waals surface area contributed by atoms with Crippen LogP contribution >= 0.6 is 0 Å². The fraction of sp³-hybridized carbons (Fsp3) is 0.500. The monoisotopic (exact) mass is 272 g/mol. The summed E-state index contributed by atoms with van der Waals surface area (Å²) in [5.74, 6) is -0.134. The van der Waals surface area contributed by atoms with Gasteiger partial charge in [-0.25, -0.2) is 4.79 Å². The van der Waals surface area contributed by atoms with Gasteiger partial charge in [0.05, 0.1) is 18.1 Å². The second kappa shape index (κ2) is 3.70. The summed E-state index contributed by atoms with van der Waals surface area (Å²) in [6.07, 6.45) is 0.846. The molecule has 0 amide bonds. The van der Waals surface area contributed by atoms with Gasteiger partial charge in [-0.05, 0) is 18.6 Å². The molecule has 3 aliphatic rings. The first kappa shape index (κ1) is 12.1. The van der Waals surface area contributed by atoms with E-state index in [1.807, 2.05) is 25.1 Å². The molecular weight excluding hydrogens is 256 g/mol. The number of epoxide rings is 1. The zero-order chi connectivity index (χ0) is 14.0. The largest absolute Gasteiger partial charge is 0.458 e. The fourth-order valence-corrected chi connectivity index (χ4v) is 4.03. The van der Waals surface area contributed by atoms with Crippen molar-refractivity contribution in [2.45, 2.75) is 31.5 Å². The minimum Gasteiger partial charge on any atom is -0.458 e. The molecule has 4 heteroatoms. The second-order valence-corrected chi connectivity index (χ2v) is 6.29. The number of esters is 1. The van der Waals surface area contributed by atoms with Crippen LogP contribution in [0.2, 0.25) is 0 Å². The molecule has 104 valence electrons. The lowest BCUT2D eigenvalue weighted by atomic mass is 9.79. The van der Waals surface area contributed by atoms with E-state index in [9.17, 15) is 9.59 Å². The maximum atomic E-state index is 12.2. The Kier molecular flexibility index (Phi) is 2.24. The molecular formula is C16H16O4. The van der Waals surface area contributed by atoms with Crippen LogP contribution in [0.5, 0.6) is 0 Å². The van der Waals surface area contributed by atoms with E-state index in [4.69, 9.17) is 9.47 Å². The molecule has 1 heterocycles. The molecule has 3 fully saturated rings. The first-order valence-electron chi connectivity index (χ1n) is 6.99. The highest BCUT2D eigenvalue weighted by Gasteiger charge is 2.78. The van der Waals surface area contributed by atoms with Gasteiger partial charge in [0.15, 0.2) is 0 Å². The van der Waals surface area contributed by atoms with Crippen LogP contribution in [0.15, 0.2) is 30.3 Å². The Morgan fingerprint density at radius 1 is 1.35 bits per heavy atom. The quantitative estimate of drug-likeness (QED) is 0.610. The van der Waals surface area contributed by atoms with Crippen molar-refractivity contribution in [3.63, 3.8) is 0 Å². The van der Waals surface area contributed by atoms with Gasteiger partial charge in [-0.1, -0.05) is 25.1 Å². The number of Topliss-reactive ketones (excluding diaryl/α,β-unsaturated/α-hetero) is 1. The average Bonchev–Trinajstić information content (AvgIpc) is 3.17. The van der Waals surface area contributed by atoms with Crippen LogP contribution < -0.4 is 0 Å². The van der Waals surface area contributed by atoms with Crippen LogP contribution in [0.1, 0.15) is 30.1 Å². The minimum absolute atomic E-state index is 0.0823. The molecule has 1 aliphatic heterocycles. The third kappa shape index (κ3) is 1.35. The van der Waals surface area contributed by atoms with E-state index in [0.717, 1.165) is 0 Å². The summed E-state index contributed by atoms with van der Waals surface area (Å²) in [6.45, 7) is 2.65. The number of rotatable bonds is 2. The van der Waals surface area contributed by atoms with E-state index in [1.54, 1.807) is 12.1 Å². The normalized spacial score (nSPS) is 41.1. The van der Waals surface area contributed by atoms with Gasteiger partial charge in [0.25, 0.3) is 0 Å². The molecule has 1 saturated heterocycles. The summed E-state index contributed by atoms with van der Waals surface area (Å²) < 4.78 is 11.3. The van der Waals surface area contributed by atoms with E-state index in [0.29, 0.717) is 25.0 Å². The van der Waals surface area contributed by atoms with Crippen molar-refractivity contribution in [3.8, 4) is 0 Å². The van der Waals surface area contributed by atoms with Crippen molar-refractivity contribution < 1.29 is 19.1 Å². The number of hydrogen-bond donors (Lipinski definition) is 0. The Hall–Kier alpha value is -1.68. The maximum absolute atomic E-state index is 12.2. The molecule has 0 N–H and O–H groups in total. The van der Waals surface area contributed by atoms with E-state index >= 15 is 0 Å². The zero-order valence-electron chi connectivity index (χ0n) is 11.3. The van der Waals surface area contributed by atoms with Crippen LogP contribution in [0.25, 0.3) is 0 Å². The Bertz CT molecular complexity index is 590. The molecule has 4 rings (SSSR count). The molecule has 0 aromatic heterocycles. The van der Waals surface area contributed by atoms with E-state index < -0.39 is 0 Å². The van der Waals surface area contributed by atoms with Gasteiger partial charge in [-0.15, -0.1) is 0 Å². The third-order valence-corrected chi connectivity index (χ3v) is 5.33. The Labute approximate surface area is 117 Å². The Morgan fingerprint density at radius 2 is 2.05 bits per heavy atom. The molecule has 2 saturated carbocycles. The van der Waals surface area contributed by atoms with Gasteiger partial charge >= 0.3 is 5.97 Å². The number of ketones is 1. The third-order valence-electron chi connectivity index (χ3n) is 5.33. The number of carbonyl (C=O) groups is 2. The lowest BCUT2D eigenvalue weighted by Gasteiger charge is -2.31. The molecule has 1 aromatic rings. The number of ether oxygens (including phenoxy) is 2. The van der Waals surface area contributed by atoms with Gasteiger partial charge in [-0.3, -0.25) is 4.79 Å². The van der Waals surface area contributed by atoms with Gasteiger partial charge in [0.2, 0.25) is 0 Å². The average molecular weight is 272 g/mol. The van der Waals surface area contributed by atoms with Crippen LogP contribution in [0.3, 0.4) is 0 Å². The van der Waals surface area contributed by atoms with Crippen LogP contribution in [-0.4, -0.2) is 30.1 Å². The molecule has 1 spiro atoms. The zero-order valence-corrected chi connectivity index (χ0v) is 11.3. The van der Waals surface area contributed by atoms with Crippen molar-refractivity contribution in [3.05, 3.63) is 35.9 Å². The summed E-state index contributed by atoms with van der Waals surface area (Å²) in [5, 5.41) is 0. The van der Waals surface area contributed by atoms with Gasteiger partial charge in [-0.2, -0.15) is 0 Å². The lowest BCUT2D eigenvalue weighted by Crippen LogP contribution is -2.39. The SMILES string of the molecule is C[C@]12CC(=O)[C@@H](C[C@H]1OC(=O)c1ccccc1)[C@@]21CO1. The van der Waals surface area contributed by atoms with Crippen LogP contribution in [-0.2, 0) is 14.3 Å². The first-order chi connectivity index (χ1) is 9.57. The molecule has 1 aromatic carbocycles. The predicted molar refractivity (Wildman–Crippen MR) is 70.2 cm³/mol. The Morgan fingerprint density at radius 3 is 2.65 bits per heavy atom. The van der Waals surface area contributed by atoms with E-state index in [1.165, 1.54) is 0 Å². The highest BCUT2D eigenvalue weighted by molar-refractivity contribution is 5.91. The summed E-state index contributed by atoms with van der Waals surface area (Å²) in [7, 11) is 0. The van der Waals surface area contributed by atoms with Gasteiger partial charge in [0.1, 0.15) is 17.5 Å². The van der Waals surface area contributed by atoms with Crippen LogP contribution in [0.4, 0.5) is 0 Å². The fourth-order valence-electron chi connectivity index (χ4n) is 4.03. The molecule has 2 aliphatic carbocycles. The van der Waals surface area contributed by atoms with Crippen molar-refractivity contribution in [1.82, 2.24) is 0 Å². The smallest absolute Gasteiger partial charge is 0.338 e. The number of benzene rings is 1. The summed E-state index contributed by atoms with van der Waals surface area (Å²) in [4.78, 5) is 24.2.